The fraction of sp³-hybridized carbons (Fsp3) is 0.235. The van der Waals surface area contributed by atoms with Gasteiger partial charge in [0.2, 0.25) is 5.90 Å². The summed E-state index contributed by atoms with van der Waals surface area (Å²) in [5, 5.41) is 16.5. The Morgan fingerprint density at radius 2 is 1.77 bits per heavy atom. The number of halogens is 1. The van der Waals surface area contributed by atoms with Crippen LogP contribution in [0.25, 0.3) is 10.4 Å². The molecule has 1 aliphatic rings. The van der Waals surface area contributed by atoms with Crippen molar-refractivity contribution in [2.24, 2.45) is 10.1 Å². The molecule has 224 valence electrons. The van der Waals surface area contributed by atoms with Gasteiger partial charge < -0.3 is 19.9 Å². The molecule has 0 spiro atoms. The molecule has 2 atom stereocenters. The molecule has 4 aromatic rings. The Kier molecular flexibility index (Phi) is 10.1. The first-order valence-electron chi connectivity index (χ1n) is 14.3. The average Bonchev–Trinajstić information content (AvgIpc) is 3.44. The molecule has 2 N–H and O–H groups in total. The lowest BCUT2D eigenvalue weighted by molar-refractivity contribution is -0.129. The fourth-order valence-corrected chi connectivity index (χ4v) is 5.39. The standard InChI is InChI=1S/C34H32ClN5O4/c35-29-13-6-8-24(20-29)22-37-33(42)34(21-27-11-4-5-12-28(27)23-38-40-36)31(25-9-2-1-3-10-25)44-32(39-34)26-14-16-30(17-15-26)43-19-7-18-41/h1-6,8-17,20,31,41H,7,18-19,21-23H2,(H,37,42)/t31-,34-/m1/s1. The molecule has 44 heavy (non-hydrogen) atoms. The van der Waals surface area contributed by atoms with Crippen LogP contribution in [0.2, 0.25) is 5.02 Å². The van der Waals surface area contributed by atoms with Gasteiger partial charge in [-0.05, 0) is 64.2 Å². The highest BCUT2D eigenvalue weighted by atomic mass is 35.5. The van der Waals surface area contributed by atoms with Crippen molar-refractivity contribution in [3.8, 4) is 5.75 Å². The SMILES string of the molecule is [N-]=[N+]=NCc1ccccc1C[C@@]1(C(=O)NCc2cccc(Cl)c2)N=C(c2ccc(OCCCO)cc2)O[C@@H]1c1ccccc1. The van der Waals surface area contributed by atoms with Gasteiger partial charge >= 0.3 is 0 Å². The number of rotatable bonds is 13. The molecule has 0 unspecified atom stereocenters. The number of hydrogen-bond acceptors (Lipinski definition) is 6. The first-order valence-corrected chi connectivity index (χ1v) is 14.7. The van der Waals surface area contributed by atoms with Gasteiger partial charge in [0.05, 0.1) is 13.2 Å². The van der Waals surface area contributed by atoms with Gasteiger partial charge in [0.25, 0.3) is 5.91 Å². The van der Waals surface area contributed by atoms with E-state index in [0.29, 0.717) is 35.3 Å². The van der Waals surface area contributed by atoms with E-state index in [2.05, 4.69) is 15.3 Å². The molecule has 9 nitrogen and oxygen atoms in total. The van der Waals surface area contributed by atoms with Gasteiger partial charge in [-0.25, -0.2) is 4.99 Å². The van der Waals surface area contributed by atoms with Crippen LogP contribution in [0.3, 0.4) is 0 Å². The van der Waals surface area contributed by atoms with Crippen LogP contribution < -0.4 is 10.1 Å². The number of azide groups is 1. The van der Waals surface area contributed by atoms with Crippen molar-refractivity contribution in [2.45, 2.75) is 37.6 Å². The molecule has 0 aromatic heterocycles. The second kappa shape index (κ2) is 14.6. The summed E-state index contributed by atoms with van der Waals surface area (Å²) in [5.74, 6) is 0.660. The van der Waals surface area contributed by atoms with E-state index >= 15 is 0 Å². The number of nitrogens with one attached hydrogen (secondary N) is 1. The summed E-state index contributed by atoms with van der Waals surface area (Å²) in [6.07, 6.45) is -0.0348. The number of benzene rings is 4. The topological polar surface area (TPSA) is 129 Å². The Bertz CT molecular complexity index is 1660. The highest BCUT2D eigenvalue weighted by Gasteiger charge is 2.53. The quantitative estimate of drug-likeness (QED) is 0.0753. The number of aliphatic imine (C=N–C) groups is 1. The minimum Gasteiger partial charge on any atom is -0.494 e. The van der Waals surface area contributed by atoms with Crippen LogP contribution in [0, 0.1) is 0 Å². The molecule has 0 saturated carbocycles. The number of carbonyl (C=O) groups excluding carboxylic acids is 1. The molecule has 0 radical (unpaired) electrons. The van der Waals surface area contributed by atoms with Crippen LogP contribution in [-0.2, 0) is 29.0 Å². The summed E-state index contributed by atoms with van der Waals surface area (Å²) in [7, 11) is 0. The summed E-state index contributed by atoms with van der Waals surface area (Å²) < 4.78 is 12.3. The van der Waals surface area contributed by atoms with Crippen molar-refractivity contribution in [3.63, 3.8) is 0 Å². The monoisotopic (exact) mass is 609 g/mol. The molecule has 1 amide bonds. The van der Waals surface area contributed by atoms with E-state index < -0.39 is 11.6 Å². The maximum Gasteiger partial charge on any atom is 0.252 e. The molecule has 1 aliphatic heterocycles. The first kappa shape index (κ1) is 30.6. The normalized spacial score (nSPS) is 17.2. The van der Waals surface area contributed by atoms with E-state index in [-0.39, 0.29) is 32.0 Å². The smallest absolute Gasteiger partial charge is 0.252 e. The maximum absolute atomic E-state index is 14.5. The van der Waals surface area contributed by atoms with Crippen molar-refractivity contribution in [1.29, 1.82) is 0 Å². The number of amides is 1. The van der Waals surface area contributed by atoms with E-state index in [4.69, 9.17) is 36.7 Å². The van der Waals surface area contributed by atoms with E-state index in [1.54, 1.807) is 6.07 Å². The fourth-order valence-electron chi connectivity index (χ4n) is 5.17. The third-order valence-corrected chi connectivity index (χ3v) is 7.59. The molecular weight excluding hydrogens is 578 g/mol. The van der Waals surface area contributed by atoms with Crippen LogP contribution >= 0.6 is 11.6 Å². The summed E-state index contributed by atoms with van der Waals surface area (Å²) in [4.78, 5) is 22.5. The number of carbonyl (C=O) groups is 1. The van der Waals surface area contributed by atoms with E-state index in [0.717, 1.165) is 22.3 Å². The number of aliphatic hydroxyl groups is 1. The lowest BCUT2D eigenvalue weighted by Gasteiger charge is -2.31. The van der Waals surface area contributed by atoms with Crippen LogP contribution in [0.1, 0.15) is 40.3 Å². The van der Waals surface area contributed by atoms with Gasteiger partial charge in [-0.1, -0.05) is 83.4 Å². The molecule has 0 saturated heterocycles. The van der Waals surface area contributed by atoms with Crippen molar-refractivity contribution in [2.75, 3.05) is 13.2 Å². The Hall–Kier alpha value is -4.82. The van der Waals surface area contributed by atoms with Crippen LogP contribution in [0.15, 0.2) is 113 Å². The maximum atomic E-state index is 14.5. The summed E-state index contributed by atoms with van der Waals surface area (Å²) in [6, 6.07) is 31.7. The zero-order chi connectivity index (χ0) is 30.8. The van der Waals surface area contributed by atoms with Gasteiger partial charge in [-0.15, -0.1) is 0 Å². The number of nitrogens with zero attached hydrogens (tertiary/aromatic N) is 4. The van der Waals surface area contributed by atoms with Gasteiger partial charge in [0.15, 0.2) is 11.6 Å². The zero-order valence-electron chi connectivity index (χ0n) is 24.0. The molecule has 0 fully saturated rings. The van der Waals surface area contributed by atoms with Crippen molar-refractivity contribution < 1.29 is 19.4 Å². The largest absolute Gasteiger partial charge is 0.494 e. The third-order valence-electron chi connectivity index (χ3n) is 7.36. The molecule has 10 heteroatoms. The van der Waals surface area contributed by atoms with Crippen molar-refractivity contribution >= 4 is 23.4 Å². The van der Waals surface area contributed by atoms with E-state index in [1.807, 2.05) is 97.1 Å². The minimum absolute atomic E-state index is 0.0526. The van der Waals surface area contributed by atoms with Gasteiger partial charge in [0, 0.05) is 41.5 Å². The predicted molar refractivity (Wildman–Crippen MR) is 169 cm³/mol. The lowest BCUT2D eigenvalue weighted by atomic mass is 9.81. The second-order valence-corrected chi connectivity index (χ2v) is 10.8. The highest BCUT2D eigenvalue weighted by molar-refractivity contribution is 6.30. The number of aliphatic hydroxyl groups excluding tert-OH is 1. The molecule has 0 bridgehead atoms. The van der Waals surface area contributed by atoms with E-state index in [1.165, 1.54) is 0 Å². The van der Waals surface area contributed by atoms with Crippen molar-refractivity contribution in [1.82, 2.24) is 5.32 Å². The van der Waals surface area contributed by atoms with E-state index in [9.17, 15) is 4.79 Å². The average molecular weight is 610 g/mol. The number of hydrogen-bond donors (Lipinski definition) is 2. The van der Waals surface area contributed by atoms with Gasteiger partial charge in [-0.2, -0.15) is 0 Å². The van der Waals surface area contributed by atoms with Crippen molar-refractivity contribution in [3.05, 3.63) is 146 Å². The number of ether oxygens (including phenoxy) is 2. The Morgan fingerprint density at radius 1 is 1.02 bits per heavy atom. The summed E-state index contributed by atoms with van der Waals surface area (Å²) in [5.41, 5.74) is 11.5. The second-order valence-electron chi connectivity index (χ2n) is 10.3. The highest BCUT2D eigenvalue weighted by Crippen LogP contribution is 2.43. The van der Waals surface area contributed by atoms with Gasteiger partial charge in [0.1, 0.15) is 5.75 Å². The van der Waals surface area contributed by atoms with Gasteiger partial charge in [-0.3, -0.25) is 4.79 Å². The minimum atomic E-state index is -1.40. The predicted octanol–water partition coefficient (Wildman–Crippen LogP) is 6.73. The molecule has 4 aromatic carbocycles. The molecule has 0 aliphatic carbocycles. The molecular formula is C34H32ClN5O4. The Labute approximate surface area is 260 Å². The van der Waals surface area contributed by atoms with Crippen LogP contribution in [0.4, 0.5) is 0 Å². The van der Waals surface area contributed by atoms with Crippen LogP contribution in [-0.4, -0.2) is 35.7 Å². The molecule has 5 rings (SSSR count). The Morgan fingerprint density at radius 3 is 2.50 bits per heavy atom. The molecule has 1 heterocycles. The Balaban J connectivity index is 1.58. The first-order chi connectivity index (χ1) is 21.5. The summed E-state index contributed by atoms with van der Waals surface area (Å²) >= 11 is 6.21. The zero-order valence-corrected chi connectivity index (χ0v) is 24.7. The summed E-state index contributed by atoms with van der Waals surface area (Å²) in [6.45, 7) is 0.831. The van der Waals surface area contributed by atoms with Crippen LogP contribution in [0.5, 0.6) is 5.75 Å². The third kappa shape index (κ3) is 7.21. The lowest BCUT2D eigenvalue weighted by Crippen LogP contribution is -2.49.